The van der Waals surface area contributed by atoms with E-state index in [4.69, 9.17) is 10.9 Å². The Morgan fingerprint density at radius 1 is 1.89 bits per heavy atom. The zero-order valence-corrected chi connectivity index (χ0v) is 4.48. The molecule has 1 aromatic heterocycles. The van der Waals surface area contributed by atoms with E-state index in [-0.39, 0.29) is 11.7 Å². The summed E-state index contributed by atoms with van der Waals surface area (Å²) in [7, 11) is 0. The Balaban J connectivity index is 2.90. The number of nitrogens with two attached hydrogens (primary N) is 1. The highest BCUT2D eigenvalue weighted by atomic mass is 16.4. The average molecular weight is 127 g/mol. The van der Waals surface area contributed by atoms with Crippen LogP contribution in [0.5, 0.6) is 0 Å². The summed E-state index contributed by atoms with van der Waals surface area (Å²) >= 11 is 0. The molecule has 0 aliphatic rings. The minimum atomic E-state index is -0.125. The van der Waals surface area contributed by atoms with Crippen molar-refractivity contribution in [3.8, 4) is 0 Å². The van der Waals surface area contributed by atoms with E-state index < -0.39 is 0 Å². The van der Waals surface area contributed by atoms with E-state index in [1.807, 2.05) is 0 Å². The number of oxime groups is 1. The van der Waals surface area contributed by atoms with Crippen molar-refractivity contribution in [2.24, 2.45) is 10.9 Å². The molecule has 0 radical (unpaired) electrons. The lowest BCUT2D eigenvalue weighted by Gasteiger charge is -1.85. The quantitative estimate of drug-likeness (QED) is 0.236. The Labute approximate surface area is 50.8 Å². The lowest BCUT2D eigenvalue weighted by Crippen LogP contribution is -2.12. The molecule has 1 heterocycles. The first-order chi connectivity index (χ1) is 4.34. The van der Waals surface area contributed by atoms with Gasteiger partial charge in [-0.25, -0.2) is 4.98 Å². The first kappa shape index (κ1) is 5.61. The number of hydrogen-bond donors (Lipinski definition) is 2. The third-order valence-corrected chi connectivity index (χ3v) is 0.759. The Morgan fingerprint density at radius 2 is 2.67 bits per heavy atom. The molecule has 0 saturated heterocycles. The number of nitrogens with zero attached hydrogens (tertiary/aromatic N) is 2. The number of amidine groups is 1. The van der Waals surface area contributed by atoms with Crippen molar-refractivity contribution >= 4 is 5.84 Å². The molecule has 1 rings (SSSR count). The van der Waals surface area contributed by atoms with Gasteiger partial charge in [0.25, 0.3) is 5.89 Å². The second-order valence-corrected chi connectivity index (χ2v) is 1.32. The van der Waals surface area contributed by atoms with Gasteiger partial charge in [-0.3, -0.25) is 0 Å². The molecule has 0 spiro atoms. The fraction of sp³-hybridized carbons (Fsp3) is 0. The summed E-state index contributed by atoms with van der Waals surface area (Å²) in [5.41, 5.74) is 5.08. The van der Waals surface area contributed by atoms with E-state index in [0.717, 1.165) is 0 Å². The van der Waals surface area contributed by atoms with Crippen LogP contribution in [0.1, 0.15) is 5.89 Å². The third kappa shape index (κ3) is 0.987. The van der Waals surface area contributed by atoms with Gasteiger partial charge in [-0.15, -0.1) is 0 Å². The fourth-order valence-corrected chi connectivity index (χ4v) is 0.393. The first-order valence-corrected chi connectivity index (χ1v) is 2.22. The maximum Gasteiger partial charge on any atom is 0.265 e. The molecule has 0 aromatic carbocycles. The highest BCUT2D eigenvalue weighted by Crippen LogP contribution is 1.91. The summed E-state index contributed by atoms with van der Waals surface area (Å²) in [6.45, 7) is 0. The van der Waals surface area contributed by atoms with Crippen LogP contribution in [-0.4, -0.2) is 16.0 Å². The van der Waals surface area contributed by atoms with Crippen molar-refractivity contribution in [3.05, 3.63) is 18.4 Å². The summed E-state index contributed by atoms with van der Waals surface area (Å²) < 4.78 is 4.66. The van der Waals surface area contributed by atoms with Crippen molar-refractivity contribution in [1.29, 1.82) is 0 Å². The highest BCUT2D eigenvalue weighted by Gasteiger charge is 2.00. The van der Waals surface area contributed by atoms with Crippen LogP contribution < -0.4 is 5.73 Å². The van der Waals surface area contributed by atoms with Crippen molar-refractivity contribution in [2.75, 3.05) is 0 Å². The van der Waals surface area contributed by atoms with E-state index in [0.29, 0.717) is 0 Å². The second kappa shape index (κ2) is 2.17. The molecule has 0 aliphatic heterocycles. The smallest absolute Gasteiger partial charge is 0.265 e. The van der Waals surface area contributed by atoms with Crippen LogP contribution in [0.3, 0.4) is 0 Å². The van der Waals surface area contributed by atoms with Crippen LogP contribution >= 0.6 is 0 Å². The zero-order chi connectivity index (χ0) is 6.69. The number of hydrogen-bond acceptors (Lipinski definition) is 4. The van der Waals surface area contributed by atoms with Gasteiger partial charge in [0.2, 0.25) is 5.84 Å². The van der Waals surface area contributed by atoms with Crippen LogP contribution in [0, 0.1) is 0 Å². The molecule has 0 atom stereocenters. The maximum absolute atomic E-state index is 8.07. The van der Waals surface area contributed by atoms with Gasteiger partial charge in [0, 0.05) is 0 Å². The van der Waals surface area contributed by atoms with Crippen molar-refractivity contribution < 1.29 is 9.62 Å². The molecule has 5 nitrogen and oxygen atoms in total. The van der Waals surface area contributed by atoms with Gasteiger partial charge < -0.3 is 15.4 Å². The minimum absolute atomic E-state index is 0.123. The maximum atomic E-state index is 8.07. The van der Waals surface area contributed by atoms with Crippen LogP contribution in [0.15, 0.2) is 22.0 Å². The molecule has 48 valence electrons. The van der Waals surface area contributed by atoms with Crippen LogP contribution in [0.4, 0.5) is 0 Å². The normalized spacial score (nSPS) is 11.8. The van der Waals surface area contributed by atoms with Gasteiger partial charge in [0.05, 0.1) is 6.20 Å². The summed E-state index contributed by atoms with van der Waals surface area (Å²) in [6, 6.07) is 0. The van der Waals surface area contributed by atoms with Crippen LogP contribution in [0.25, 0.3) is 0 Å². The molecule has 0 amide bonds. The largest absolute Gasteiger partial charge is 0.442 e. The summed E-state index contributed by atoms with van der Waals surface area (Å²) in [6.07, 6.45) is 2.75. The SMILES string of the molecule is NC(=NO)c1ncco1. The van der Waals surface area contributed by atoms with Gasteiger partial charge in [-0.2, -0.15) is 0 Å². The third-order valence-electron chi connectivity index (χ3n) is 0.759. The number of aromatic nitrogens is 1. The molecular formula is C4H5N3O2. The van der Waals surface area contributed by atoms with Crippen LogP contribution in [-0.2, 0) is 0 Å². The van der Waals surface area contributed by atoms with Gasteiger partial charge in [-0.05, 0) is 0 Å². The molecule has 0 aliphatic carbocycles. The summed E-state index contributed by atoms with van der Waals surface area (Å²) in [4.78, 5) is 3.60. The average Bonchev–Trinajstić information content (AvgIpc) is 2.37. The molecule has 9 heavy (non-hydrogen) atoms. The van der Waals surface area contributed by atoms with E-state index in [9.17, 15) is 0 Å². The number of oxazole rings is 1. The Kier molecular flexibility index (Phi) is 1.35. The van der Waals surface area contributed by atoms with E-state index in [1.165, 1.54) is 12.5 Å². The Morgan fingerprint density at radius 3 is 3.11 bits per heavy atom. The zero-order valence-electron chi connectivity index (χ0n) is 4.48. The Hall–Kier alpha value is -1.52. The molecular weight excluding hydrogens is 122 g/mol. The van der Waals surface area contributed by atoms with Gasteiger partial charge in [0.15, 0.2) is 0 Å². The van der Waals surface area contributed by atoms with E-state index >= 15 is 0 Å². The lowest BCUT2D eigenvalue weighted by molar-refractivity contribution is 0.317. The summed E-state index contributed by atoms with van der Waals surface area (Å²) in [5.74, 6) is -0.00231. The summed E-state index contributed by atoms with van der Waals surface area (Å²) in [5, 5.41) is 10.7. The first-order valence-electron chi connectivity index (χ1n) is 2.22. The molecule has 0 bridgehead atoms. The molecule has 5 heteroatoms. The van der Waals surface area contributed by atoms with Crippen molar-refractivity contribution in [3.63, 3.8) is 0 Å². The van der Waals surface area contributed by atoms with E-state index in [2.05, 4.69) is 14.6 Å². The van der Waals surface area contributed by atoms with Crippen LogP contribution in [0.2, 0.25) is 0 Å². The molecule has 3 N–H and O–H groups in total. The molecule has 0 saturated carbocycles. The second-order valence-electron chi connectivity index (χ2n) is 1.32. The topological polar surface area (TPSA) is 84.6 Å². The van der Waals surface area contributed by atoms with Crippen molar-refractivity contribution in [1.82, 2.24) is 4.98 Å². The molecule has 1 aromatic rings. The van der Waals surface area contributed by atoms with Gasteiger partial charge in [-0.1, -0.05) is 5.16 Å². The molecule has 0 fully saturated rings. The van der Waals surface area contributed by atoms with Gasteiger partial charge in [0.1, 0.15) is 6.26 Å². The van der Waals surface area contributed by atoms with Gasteiger partial charge >= 0.3 is 0 Å². The fourth-order valence-electron chi connectivity index (χ4n) is 0.393. The molecule has 0 unspecified atom stereocenters. The predicted molar refractivity (Wildman–Crippen MR) is 29.0 cm³/mol. The lowest BCUT2D eigenvalue weighted by atomic mass is 10.6. The number of rotatable bonds is 1. The van der Waals surface area contributed by atoms with Crippen molar-refractivity contribution in [2.45, 2.75) is 0 Å². The predicted octanol–water partition coefficient (Wildman–Crippen LogP) is -0.231. The standard InChI is InChI=1S/C4H5N3O2/c5-3(7-8)4-6-1-2-9-4/h1-2,8H,(H2,5,7). The monoisotopic (exact) mass is 127 g/mol. The minimum Gasteiger partial charge on any atom is -0.442 e. The van der Waals surface area contributed by atoms with E-state index in [1.54, 1.807) is 0 Å². The highest BCUT2D eigenvalue weighted by molar-refractivity contribution is 5.92. The Bertz CT molecular complexity index is 204.